The van der Waals surface area contributed by atoms with Gasteiger partial charge in [-0.25, -0.2) is 0 Å². The first-order valence-corrected chi connectivity index (χ1v) is 7.50. The van der Waals surface area contributed by atoms with Crippen LogP contribution in [0.3, 0.4) is 0 Å². The first-order chi connectivity index (χ1) is 8.97. The maximum atomic E-state index is 3.46. The molecule has 2 rings (SSSR count). The highest BCUT2D eigenvalue weighted by Gasteiger charge is 2.15. The van der Waals surface area contributed by atoms with Crippen LogP contribution in [0.1, 0.15) is 43.9 Å². The highest BCUT2D eigenvalue weighted by atomic mass is 15.1. The van der Waals surface area contributed by atoms with Crippen LogP contribution in [-0.2, 0) is 12.0 Å². The van der Waals surface area contributed by atoms with Gasteiger partial charge in [0.1, 0.15) is 0 Å². The van der Waals surface area contributed by atoms with Gasteiger partial charge in [-0.15, -0.1) is 0 Å². The van der Waals surface area contributed by atoms with Crippen molar-refractivity contribution in [1.29, 1.82) is 0 Å². The summed E-state index contributed by atoms with van der Waals surface area (Å²) in [5, 5.41) is 3.46. The molecule has 0 bridgehead atoms. The van der Waals surface area contributed by atoms with E-state index < -0.39 is 0 Å². The first-order valence-electron chi connectivity index (χ1n) is 7.50. The highest BCUT2D eigenvalue weighted by molar-refractivity contribution is 5.34. The number of benzene rings is 1. The minimum absolute atomic E-state index is 0.246. The Morgan fingerprint density at radius 1 is 1.16 bits per heavy atom. The summed E-state index contributed by atoms with van der Waals surface area (Å²) < 4.78 is 0. The molecule has 1 aliphatic heterocycles. The van der Waals surface area contributed by atoms with Gasteiger partial charge in [0.2, 0.25) is 0 Å². The third-order valence-electron chi connectivity index (χ3n) is 4.04. The lowest BCUT2D eigenvalue weighted by molar-refractivity contribution is 0.284. The second kappa shape index (κ2) is 6.06. The zero-order chi connectivity index (χ0) is 13.9. The third-order valence-corrected chi connectivity index (χ3v) is 4.04. The van der Waals surface area contributed by atoms with Crippen LogP contribution in [0.4, 0.5) is 0 Å². The molecular formula is C17H28N2. The Balaban J connectivity index is 2.08. The predicted octanol–water partition coefficient (Wildman–Crippen LogP) is 3.09. The lowest BCUT2D eigenvalue weighted by Gasteiger charge is -2.23. The van der Waals surface area contributed by atoms with E-state index >= 15 is 0 Å². The topological polar surface area (TPSA) is 15.3 Å². The van der Waals surface area contributed by atoms with Gasteiger partial charge in [-0.1, -0.05) is 39.0 Å². The molecule has 1 aromatic carbocycles. The van der Waals surface area contributed by atoms with E-state index in [0.717, 1.165) is 13.1 Å². The van der Waals surface area contributed by atoms with E-state index in [0.29, 0.717) is 0 Å². The maximum Gasteiger partial charge on any atom is 0.0236 e. The number of aryl methyl sites for hydroxylation is 1. The second-order valence-electron chi connectivity index (χ2n) is 6.77. The van der Waals surface area contributed by atoms with Crippen LogP contribution in [0, 0.1) is 6.92 Å². The van der Waals surface area contributed by atoms with E-state index in [2.05, 4.69) is 56.1 Å². The highest BCUT2D eigenvalue weighted by Crippen LogP contribution is 2.25. The van der Waals surface area contributed by atoms with Gasteiger partial charge in [0.15, 0.2) is 0 Å². The zero-order valence-corrected chi connectivity index (χ0v) is 12.9. The molecule has 0 atom stereocenters. The molecule has 1 saturated heterocycles. The van der Waals surface area contributed by atoms with Gasteiger partial charge in [0.05, 0.1) is 0 Å². The van der Waals surface area contributed by atoms with Gasteiger partial charge in [0.25, 0.3) is 0 Å². The molecule has 2 nitrogen and oxygen atoms in total. The molecule has 1 heterocycles. The monoisotopic (exact) mass is 260 g/mol. The number of nitrogens with one attached hydrogen (secondary N) is 1. The van der Waals surface area contributed by atoms with Crippen molar-refractivity contribution in [2.24, 2.45) is 0 Å². The summed E-state index contributed by atoms with van der Waals surface area (Å²) in [6.45, 7) is 14.9. The van der Waals surface area contributed by atoms with Crippen LogP contribution in [0.5, 0.6) is 0 Å². The van der Waals surface area contributed by atoms with Crippen LogP contribution in [0.15, 0.2) is 18.2 Å². The lowest BCUT2D eigenvalue weighted by atomic mass is 9.85. The van der Waals surface area contributed by atoms with Crippen molar-refractivity contribution in [3.8, 4) is 0 Å². The predicted molar refractivity (Wildman–Crippen MR) is 82.6 cm³/mol. The summed E-state index contributed by atoms with van der Waals surface area (Å²) in [4.78, 5) is 2.57. The summed E-state index contributed by atoms with van der Waals surface area (Å²) in [7, 11) is 0. The van der Waals surface area contributed by atoms with Crippen molar-refractivity contribution in [1.82, 2.24) is 10.2 Å². The minimum Gasteiger partial charge on any atom is -0.315 e. The minimum atomic E-state index is 0.246. The van der Waals surface area contributed by atoms with Crippen molar-refractivity contribution in [3.63, 3.8) is 0 Å². The average molecular weight is 260 g/mol. The fourth-order valence-corrected chi connectivity index (χ4v) is 2.64. The number of hydrogen-bond donors (Lipinski definition) is 1. The third kappa shape index (κ3) is 4.05. The molecule has 0 aromatic heterocycles. The van der Waals surface area contributed by atoms with Crippen molar-refractivity contribution >= 4 is 0 Å². The Morgan fingerprint density at radius 2 is 1.95 bits per heavy atom. The van der Waals surface area contributed by atoms with E-state index in [4.69, 9.17) is 0 Å². The van der Waals surface area contributed by atoms with E-state index in [1.807, 2.05) is 0 Å². The van der Waals surface area contributed by atoms with Gasteiger partial charge >= 0.3 is 0 Å². The van der Waals surface area contributed by atoms with Crippen molar-refractivity contribution in [2.45, 2.75) is 46.1 Å². The molecule has 0 saturated carbocycles. The fourth-order valence-electron chi connectivity index (χ4n) is 2.64. The normalized spacial score (nSPS) is 18.3. The Bertz CT molecular complexity index is 410. The van der Waals surface area contributed by atoms with Crippen LogP contribution in [-0.4, -0.2) is 31.1 Å². The standard InChI is InChI=1S/C17H28N2/c1-14-12-16(17(2,3)4)7-6-15(14)13-19-10-5-8-18-9-11-19/h6-7,12,18H,5,8-11,13H2,1-4H3. The SMILES string of the molecule is Cc1cc(C(C)(C)C)ccc1CN1CCCNCC1. The molecule has 106 valence electrons. The van der Waals surface area contributed by atoms with Crippen molar-refractivity contribution < 1.29 is 0 Å². The number of nitrogens with zero attached hydrogens (tertiary/aromatic N) is 1. The summed E-state index contributed by atoms with van der Waals surface area (Å²) in [6.07, 6.45) is 1.26. The molecule has 1 fully saturated rings. The molecule has 0 radical (unpaired) electrons. The van der Waals surface area contributed by atoms with Gasteiger partial charge in [0, 0.05) is 19.6 Å². The van der Waals surface area contributed by atoms with Crippen LogP contribution >= 0.6 is 0 Å². The van der Waals surface area contributed by atoms with Gasteiger partial charge < -0.3 is 5.32 Å². The molecule has 1 aromatic rings. The molecule has 1 aliphatic rings. The van der Waals surface area contributed by atoms with Crippen LogP contribution < -0.4 is 5.32 Å². The summed E-state index contributed by atoms with van der Waals surface area (Å²) >= 11 is 0. The fraction of sp³-hybridized carbons (Fsp3) is 0.647. The molecule has 1 N–H and O–H groups in total. The maximum absolute atomic E-state index is 3.46. The van der Waals surface area contributed by atoms with Crippen LogP contribution in [0.2, 0.25) is 0 Å². The van der Waals surface area contributed by atoms with Crippen molar-refractivity contribution in [3.05, 3.63) is 34.9 Å². The molecular weight excluding hydrogens is 232 g/mol. The second-order valence-corrected chi connectivity index (χ2v) is 6.77. The van der Waals surface area contributed by atoms with Crippen LogP contribution in [0.25, 0.3) is 0 Å². The van der Waals surface area contributed by atoms with E-state index in [9.17, 15) is 0 Å². The Kier molecular flexibility index (Phi) is 4.64. The molecule has 19 heavy (non-hydrogen) atoms. The van der Waals surface area contributed by atoms with E-state index in [-0.39, 0.29) is 5.41 Å². The van der Waals surface area contributed by atoms with Gasteiger partial charge in [-0.2, -0.15) is 0 Å². The summed E-state index contributed by atoms with van der Waals surface area (Å²) in [5.41, 5.74) is 4.60. The first kappa shape index (κ1) is 14.5. The molecule has 0 amide bonds. The Labute approximate surface area is 118 Å². The largest absolute Gasteiger partial charge is 0.315 e. The quantitative estimate of drug-likeness (QED) is 0.879. The lowest BCUT2D eigenvalue weighted by Crippen LogP contribution is -2.28. The Morgan fingerprint density at radius 3 is 2.63 bits per heavy atom. The summed E-state index contributed by atoms with van der Waals surface area (Å²) in [6, 6.07) is 7.00. The van der Waals surface area contributed by atoms with Gasteiger partial charge in [-0.3, -0.25) is 4.90 Å². The zero-order valence-electron chi connectivity index (χ0n) is 12.9. The molecule has 0 unspecified atom stereocenters. The molecule has 0 spiro atoms. The molecule has 2 heteroatoms. The summed E-state index contributed by atoms with van der Waals surface area (Å²) in [5.74, 6) is 0. The molecule has 0 aliphatic carbocycles. The number of rotatable bonds is 2. The van der Waals surface area contributed by atoms with E-state index in [1.54, 1.807) is 0 Å². The van der Waals surface area contributed by atoms with Gasteiger partial charge in [-0.05, 0) is 48.5 Å². The smallest absolute Gasteiger partial charge is 0.0236 e. The van der Waals surface area contributed by atoms with E-state index in [1.165, 1.54) is 42.7 Å². The average Bonchev–Trinajstić information content (AvgIpc) is 2.59. The number of hydrogen-bond acceptors (Lipinski definition) is 2. The van der Waals surface area contributed by atoms with Crippen molar-refractivity contribution in [2.75, 3.05) is 26.2 Å². The Hall–Kier alpha value is -0.860.